The van der Waals surface area contributed by atoms with Crippen molar-refractivity contribution in [3.05, 3.63) is 210 Å². The van der Waals surface area contributed by atoms with Crippen LogP contribution in [0.3, 0.4) is 0 Å². The molecule has 4 nitrogen and oxygen atoms in total. The molecule has 0 saturated carbocycles. The van der Waals surface area contributed by atoms with Crippen LogP contribution in [0.4, 0.5) is 0 Å². The number of hydrogen-bond donors (Lipinski definition) is 0. The number of pyridine rings is 1. The minimum Gasteiger partial charge on any atom is -0.256 e. The molecule has 0 amide bonds. The highest BCUT2D eigenvalue weighted by Crippen LogP contribution is 2.41. The lowest BCUT2D eigenvalue weighted by atomic mass is 9.82. The highest BCUT2D eigenvalue weighted by molar-refractivity contribution is 5.98. The third kappa shape index (κ3) is 6.90. The Hall–Kier alpha value is -7.30. The van der Waals surface area contributed by atoms with Crippen LogP contribution in [0.1, 0.15) is 59.7 Å². The van der Waals surface area contributed by atoms with Gasteiger partial charge in [0.05, 0.1) is 5.52 Å². The normalized spacial score (nSPS) is 15.8. The molecule has 0 fully saturated rings. The molecule has 2 heterocycles. The number of nitrogens with zero attached hydrogens (tertiary/aromatic N) is 4. The Balaban J connectivity index is 1.08. The van der Waals surface area contributed by atoms with Crippen molar-refractivity contribution in [3.8, 4) is 45.0 Å². The molecule has 3 aliphatic rings. The molecule has 0 radical (unpaired) electrons. The molecule has 0 spiro atoms. The van der Waals surface area contributed by atoms with Gasteiger partial charge < -0.3 is 0 Å². The van der Waals surface area contributed by atoms with E-state index in [1.54, 1.807) is 0 Å². The Kier molecular flexibility index (Phi) is 9.24. The fourth-order valence-corrected chi connectivity index (χ4v) is 9.10. The smallest absolute Gasteiger partial charge is 0.163 e. The molecular formula is C56H42N4. The van der Waals surface area contributed by atoms with E-state index in [2.05, 4.69) is 163 Å². The van der Waals surface area contributed by atoms with Gasteiger partial charge in [-0.05, 0) is 141 Å². The average Bonchev–Trinajstić information content (AvgIpc) is 3.34. The monoisotopic (exact) mass is 770 g/mol. The van der Waals surface area contributed by atoms with Gasteiger partial charge in [0.1, 0.15) is 5.82 Å². The summed E-state index contributed by atoms with van der Waals surface area (Å²) in [4.78, 5) is 20.2. The molecule has 286 valence electrons. The van der Waals surface area contributed by atoms with E-state index < -0.39 is 0 Å². The molecule has 11 rings (SSSR count). The summed E-state index contributed by atoms with van der Waals surface area (Å²) < 4.78 is 0. The van der Waals surface area contributed by atoms with E-state index in [1.807, 2.05) is 30.5 Å². The summed E-state index contributed by atoms with van der Waals surface area (Å²) in [7, 11) is 0. The van der Waals surface area contributed by atoms with Crippen molar-refractivity contribution in [2.45, 2.75) is 38.0 Å². The molecule has 2 aromatic heterocycles. The van der Waals surface area contributed by atoms with Crippen LogP contribution in [0.15, 0.2) is 182 Å². The van der Waals surface area contributed by atoms with Crippen LogP contribution < -0.4 is 0 Å². The molecule has 0 aliphatic heterocycles. The van der Waals surface area contributed by atoms with Crippen LogP contribution in [0.2, 0.25) is 0 Å². The predicted molar refractivity (Wildman–Crippen MR) is 249 cm³/mol. The van der Waals surface area contributed by atoms with Crippen LogP contribution in [-0.2, 0) is 6.42 Å². The third-order valence-corrected chi connectivity index (χ3v) is 12.2. The van der Waals surface area contributed by atoms with E-state index in [1.165, 1.54) is 38.6 Å². The average molecular weight is 771 g/mol. The number of hydrogen-bond acceptors (Lipinski definition) is 4. The third-order valence-electron chi connectivity index (χ3n) is 12.2. The van der Waals surface area contributed by atoms with Crippen molar-refractivity contribution >= 4 is 38.9 Å². The van der Waals surface area contributed by atoms with Crippen LogP contribution >= 0.6 is 0 Å². The zero-order valence-electron chi connectivity index (χ0n) is 33.3. The maximum Gasteiger partial charge on any atom is 0.163 e. The molecule has 60 heavy (non-hydrogen) atoms. The predicted octanol–water partition coefficient (Wildman–Crippen LogP) is 14.1. The number of rotatable bonds is 7. The first-order valence-corrected chi connectivity index (χ1v) is 21.1. The van der Waals surface area contributed by atoms with Crippen molar-refractivity contribution in [3.63, 3.8) is 0 Å². The first-order chi connectivity index (χ1) is 29.7. The van der Waals surface area contributed by atoms with Crippen molar-refractivity contribution in [1.29, 1.82) is 0 Å². The SMILES string of the molecule is C1=CCC(c2nc(-c3ccccc3)nc(-c3cc(C4=CCCC(c5cc6ccccc6c6c5CCC=C6)=C4)cc(-c4cccc(-c5ccc6cccnc6c5)c4)c3)n2)C=C1. The van der Waals surface area contributed by atoms with Gasteiger partial charge in [0, 0.05) is 28.6 Å². The maximum atomic E-state index is 5.25. The summed E-state index contributed by atoms with van der Waals surface area (Å²) in [6.07, 6.45) is 24.9. The second-order valence-electron chi connectivity index (χ2n) is 16.0. The molecule has 6 aromatic carbocycles. The van der Waals surface area contributed by atoms with Gasteiger partial charge in [-0.1, -0.05) is 140 Å². The lowest BCUT2D eigenvalue weighted by molar-refractivity contribution is 0.764. The number of benzene rings is 6. The Morgan fingerprint density at radius 1 is 0.533 bits per heavy atom. The maximum absolute atomic E-state index is 5.25. The van der Waals surface area contributed by atoms with E-state index in [0.29, 0.717) is 11.6 Å². The Bertz CT molecular complexity index is 3130. The molecular weight excluding hydrogens is 729 g/mol. The second kappa shape index (κ2) is 15.5. The molecule has 0 N–H and O–H groups in total. The van der Waals surface area contributed by atoms with Gasteiger partial charge in [0.2, 0.25) is 0 Å². The summed E-state index contributed by atoms with van der Waals surface area (Å²) >= 11 is 0. The van der Waals surface area contributed by atoms with Gasteiger partial charge in [0.15, 0.2) is 11.6 Å². The topological polar surface area (TPSA) is 51.6 Å². The second-order valence-corrected chi connectivity index (χ2v) is 16.0. The van der Waals surface area contributed by atoms with Gasteiger partial charge in [0.25, 0.3) is 0 Å². The van der Waals surface area contributed by atoms with Gasteiger partial charge in [-0.3, -0.25) is 4.98 Å². The summed E-state index contributed by atoms with van der Waals surface area (Å²) in [6, 6.07) is 47.9. The van der Waals surface area contributed by atoms with E-state index >= 15 is 0 Å². The fraction of sp³-hybridized carbons (Fsp3) is 0.107. The largest absolute Gasteiger partial charge is 0.256 e. The lowest BCUT2D eigenvalue weighted by Crippen LogP contribution is -2.08. The van der Waals surface area contributed by atoms with Gasteiger partial charge >= 0.3 is 0 Å². The van der Waals surface area contributed by atoms with Crippen molar-refractivity contribution < 1.29 is 0 Å². The van der Waals surface area contributed by atoms with E-state index in [9.17, 15) is 0 Å². The summed E-state index contributed by atoms with van der Waals surface area (Å²) in [6.45, 7) is 0. The first-order valence-electron chi connectivity index (χ1n) is 21.1. The number of fused-ring (bicyclic) bond motifs is 4. The van der Waals surface area contributed by atoms with Gasteiger partial charge in [-0.2, -0.15) is 0 Å². The van der Waals surface area contributed by atoms with Crippen LogP contribution in [-0.4, -0.2) is 19.9 Å². The van der Waals surface area contributed by atoms with Crippen LogP contribution in [0.5, 0.6) is 0 Å². The lowest BCUT2D eigenvalue weighted by Gasteiger charge is -2.23. The van der Waals surface area contributed by atoms with Crippen molar-refractivity contribution in [1.82, 2.24) is 19.9 Å². The van der Waals surface area contributed by atoms with Crippen LogP contribution in [0.25, 0.3) is 83.9 Å². The van der Waals surface area contributed by atoms with Crippen LogP contribution in [0, 0.1) is 0 Å². The first kappa shape index (κ1) is 35.8. The Morgan fingerprint density at radius 2 is 1.30 bits per heavy atom. The molecule has 1 atom stereocenters. The van der Waals surface area contributed by atoms with Gasteiger partial charge in [-0.25, -0.2) is 15.0 Å². The highest BCUT2D eigenvalue weighted by atomic mass is 15.0. The van der Waals surface area contributed by atoms with Crippen molar-refractivity contribution in [2.24, 2.45) is 0 Å². The summed E-state index contributed by atoms with van der Waals surface area (Å²) in [5, 5.41) is 3.77. The number of aromatic nitrogens is 4. The zero-order chi connectivity index (χ0) is 39.8. The molecule has 0 saturated heterocycles. The zero-order valence-corrected chi connectivity index (χ0v) is 33.3. The summed E-state index contributed by atoms with van der Waals surface area (Å²) in [5.41, 5.74) is 15.5. The van der Waals surface area contributed by atoms with Crippen molar-refractivity contribution in [2.75, 3.05) is 0 Å². The fourth-order valence-electron chi connectivity index (χ4n) is 9.10. The molecule has 1 unspecified atom stereocenters. The minimum absolute atomic E-state index is 0.0734. The van der Waals surface area contributed by atoms with E-state index in [0.717, 1.165) is 87.8 Å². The Labute approximate surface area is 350 Å². The highest BCUT2D eigenvalue weighted by Gasteiger charge is 2.21. The standard InChI is InChI=1S/C56H42N4/c1-3-14-38(15-4-1)54-58-55(39-16-5-2-6-17-39)60-56(59-54)48-33-46(41-20-11-19-40(30-41)43-28-27-37-23-13-29-57-53(37)36-43)32-47(34-48)42-21-12-22-44(31-42)52-35-45-18-7-8-24-49(45)50-25-9-10-26-51(50)52/h1-9,11,13-16,18-21,23-25,27-36,39H,10,12,17,22,26H2. The van der Waals surface area contributed by atoms with E-state index in [-0.39, 0.29) is 5.92 Å². The van der Waals surface area contributed by atoms with E-state index in [4.69, 9.17) is 15.0 Å². The molecule has 8 aromatic rings. The molecule has 3 aliphatic carbocycles. The molecule has 4 heteroatoms. The minimum atomic E-state index is 0.0734. The Morgan fingerprint density at radius 3 is 2.20 bits per heavy atom. The number of allylic oxidation sites excluding steroid dienone is 9. The summed E-state index contributed by atoms with van der Waals surface area (Å²) in [5.74, 6) is 2.22. The van der Waals surface area contributed by atoms with Gasteiger partial charge in [-0.15, -0.1) is 0 Å². The quantitative estimate of drug-likeness (QED) is 0.162. The molecule has 0 bridgehead atoms.